The van der Waals surface area contributed by atoms with E-state index in [1.54, 1.807) is 0 Å². The molecule has 1 N–H and O–H groups in total. The Morgan fingerprint density at radius 1 is 0.810 bits per heavy atom. The second-order valence-corrected chi connectivity index (χ2v) is 5.28. The molecule has 0 atom stereocenters. The summed E-state index contributed by atoms with van der Waals surface area (Å²) in [7, 11) is 0. The molecule has 0 bridgehead atoms. The largest absolute Gasteiger partial charge is 0.454 e. The van der Waals surface area contributed by atoms with Crippen molar-refractivity contribution in [3.63, 3.8) is 0 Å². The van der Waals surface area contributed by atoms with Crippen LogP contribution in [0.15, 0.2) is 48.5 Å². The van der Waals surface area contributed by atoms with Crippen molar-refractivity contribution in [2.24, 2.45) is 0 Å². The summed E-state index contributed by atoms with van der Waals surface area (Å²) in [6.45, 7) is 2.39. The molecule has 1 aliphatic rings. The summed E-state index contributed by atoms with van der Waals surface area (Å²) in [5.41, 5.74) is 2.70. The van der Waals surface area contributed by atoms with Gasteiger partial charge < -0.3 is 14.8 Å². The van der Waals surface area contributed by atoms with Crippen LogP contribution in [0.4, 0.5) is 0 Å². The van der Waals surface area contributed by atoms with E-state index in [-0.39, 0.29) is 0 Å². The summed E-state index contributed by atoms with van der Waals surface area (Å²) >= 11 is 0. The Labute approximate surface area is 125 Å². The second kappa shape index (κ2) is 7.14. The summed E-state index contributed by atoms with van der Waals surface area (Å²) < 4.78 is 10.7. The van der Waals surface area contributed by atoms with Crippen LogP contribution in [0.2, 0.25) is 0 Å². The molecule has 0 radical (unpaired) electrons. The van der Waals surface area contributed by atoms with Crippen LogP contribution in [0.1, 0.15) is 17.5 Å². The number of fused-ring (bicyclic) bond motifs is 1. The van der Waals surface area contributed by atoms with Crippen molar-refractivity contribution >= 4 is 0 Å². The van der Waals surface area contributed by atoms with Crippen molar-refractivity contribution in [3.8, 4) is 11.5 Å². The average molecular weight is 283 g/mol. The van der Waals surface area contributed by atoms with Crippen LogP contribution in [0.5, 0.6) is 11.5 Å². The molecule has 1 heterocycles. The highest BCUT2D eigenvalue weighted by Gasteiger charge is 2.12. The predicted molar refractivity (Wildman–Crippen MR) is 83.9 cm³/mol. The number of benzene rings is 2. The van der Waals surface area contributed by atoms with E-state index < -0.39 is 0 Å². The predicted octanol–water partition coefficient (Wildman–Crippen LogP) is 3.18. The molecular formula is C18H21NO2. The molecule has 0 aliphatic carbocycles. The molecular weight excluding hydrogens is 262 g/mol. The number of ether oxygens (including phenoxy) is 2. The Morgan fingerprint density at radius 3 is 2.57 bits per heavy atom. The lowest BCUT2D eigenvalue weighted by Crippen LogP contribution is -2.19. The van der Waals surface area contributed by atoms with Crippen LogP contribution in [-0.4, -0.2) is 19.9 Å². The summed E-state index contributed by atoms with van der Waals surface area (Å²) in [5, 5.41) is 3.50. The molecule has 0 amide bonds. The van der Waals surface area contributed by atoms with E-state index in [1.165, 1.54) is 17.5 Å². The highest BCUT2D eigenvalue weighted by atomic mass is 16.7. The van der Waals surface area contributed by atoms with E-state index in [0.29, 0.717) is 6.79 Å². The lowest BCUT2D eigenvalue weighted by Gasteiger charge is -2.06. The quantitative estimate of drug-likeness (QED) is 0.792. The first-order valence-corrected chi connectivity index (χ1v) is 7.55. The molecule has 0 saturated heterocycles. The van der Waals surface area contributed by atoms with Crippen molar-refractivity contribution in [1.82, 2.24) is 5.32 Å². The van der Waals surface area contributed by atoms with E-state index in [0.717, 1.165) is 37.4 Å². The van der Waals surface area contributed by atoms with Crippen LogP contribution in [0.3, 0.4) is 0 Å². The van der Waals surface area contributed by atoms with E-state index in [9.17, 15) is 0 Å². The molecule has 3 nitrogen and oxygen atoms in total. The van der Waals surface area contributed by atoms with Gasteiger partial charge in [0, 0.05) is 0 Å². The van der Waals surface area contributed by atoms with Crippen molar-refractivity contribution in [3.05, 3.63) is 59.7 Å². The molecule has 0 saturated carbocycles. The maximum absolute atomic E-state index is 5.39. The highest BCUT2D eigenvalue weighted by Crippen LogP contribution is 2.32. The molecule has 0 aromatic heterocycles. The van der Waals surface area contributed by atoms with E-state index in [1.807, 2.05) is 6.07 Å². The lowest BCUT2D eigenvalue weighted by molar-refractivity contribution is 0.174. The van der Waals surface area contributed by atoms with Crippen LogP contribution in [0, 0.1) is 0 Å². The van der Waals surface area contributed by atoms with Gasteiger partial charge in [-0.15, -0.1) is 0 Å². The van der Waals surface area contributed by atoms with Gasteiger partial charge in [0.2, 0.25) is 6.79 Å². The fraction of sp³-hybridized carbons (Fsp3) is 0.333. The summed E-state index contributed by atoms with van der Waals surface area (Å²) in [6, 6.07) is 16.8. The minimum Gasteiger partial charge on any atom is -0.454 e. The van der Waals surface area contributed by atoms with E-state index in [2.05, 4.69) is 47.8 Å². The first kappa shape index (κ1) is 14.0. The molecule has 0 fully saturated rings. The van der Waals surface area contributed by atoms with Crippen LogP contribution >= 0.6 is 0 Å². The van der Waals surface area contributed by atoms with Gasteiger partial charge in [0.15, 0.2) is 11.5 Å². The zero-order chi connectivity index (χ0) is 14.3. The monoisotopic (exact) mass is 283 g/mol. The Bertz CT molecular complexity index is 569. The minimum atomic E-state index is 0.344. The van der Waals surface area contributed by atoms with Crippen molar-refractivity contribution in [1.29, 1.82) is 0 Å². The first-order chi connectivity index (χ1) is 10.4. The normalized spacial score (nSPS) is 12.6. The number of rotatable bonds is 7. The van der Waals surface area contributed by atoms with Gasteiger partial charge in [-0.25, -0.2) is 0 Å². The van der Waals surface area contributed by atoms with Gasteiger partial charge in [-0.05, 0) is 55.6 Å². The fourth-order valence-electron chi connectivity index (χ4n) is 2.52. The Morgan fingerprint density at radius 2 is 1.67 bits per heavy atom. The number of nitrogens with one attached hydrogen (secondary N) is 1. The summed E-state index contributed by atoms with van der Waals surface area (Å²) in [5.74, 6) is 1.73. The molecule has 0 unspecified atom stereocenters. The Hall–Kier alpha value is -2.00. The van der Waals surface area contributed by atoms with Crippen LogP contribution < -0.4 is 14.8 Å². The van der Waals surface area contributed by atoms with Gasteiger partial charge in [-0.2, -0.15) is 0 Å². The first-order valence-electron chi connectivity index (χ1n) is 7.55. The van der Waals surface area contributed by atoms with Gasteiger partial charge in [-0.1, -0.05) is 36.4 Å². The standard InChI is InChI=1S/C18H21NO2/c1-2-5-15(6-3-1)7-4-11-19-12-10-16-8-9-17-18(13-16)21-14-20-17/h1-3,5-6,8-9,13,19H,4,7,10-12,14H2. The summed E-state index contributed by atoms with van der Waals surface area (Å²) in [4.78, 5) is 0. The number of hydrogen-bond acceptors (Lipinski definition) is 3. The molecule has 3 rings (SSSR count). The molecule has 21 heavy (non-hydrogen) atoms. The molecule has 1 aliphatic heterocycles. The third-order valence-corrected chi connectivity index (χ3v) is 3.69. The highest BCUT2D eigenvalue weighted by molar-refractivity contribution is 5.44. The topological polar surface area (TPSA) is 30.5 Å². The Balaban J connectivity index is 1.33. The molecule has 0 spiro atoms. The fourth-order valence-corrected chi connectivity index (χ4v) is 2.52. The number of aryl methyl sites for hydroxylation is 1. The van der Waals surface area contributed by atoms with Crippen molar-refractivity contribution in [2.75, 3.05) is 19.9 Å². The van der Waals surface area contributed by atoms with Gasteiger partial charge in [0.25, 0.3) is 0 Å². The third kappa shape index (κ3) is 3.99. The zero-order valence-electron chi connectivity index (χ0n) is 12.2. The smallest absolute Gasteiger partial charge is 0.231 e. The molecule has 2 aromatic carbocycles. The van der Waals surface area contributed by atoms with Gasteiger partial charge in [-0.3, -0.25) is 0 Å². The van der Waals surface area contributed by atoms with Gasteiger partial charge in [0.05, 0.1) is 0 Å². The third-order valence-electron chi connectivity index (χ3n) is 3.69. The van der Waals surface area contributed by atoms with Gasteiger partial charge >= 0.3 is 0 Å². The molecule has 3 heteroatoms. The van der Waals surface area contributed by atoms with E-state index >= 15 is 0 Å². The maximum atomic E-state index is 5.39. The second-order valence-electron chi connectivity index (χ2n) is 5.28. The average Bonchev–Trinajstić information content (AvgIpc) is 2.99. The van der Waals surface area contributed by atoms with Crippen LogP contribution in [-0.2, 0) is 12.8 Å². The Kier molecular flexibility index (Phi) is 4.74. The zero-order valence-corrected chi connectivity index (χ0v) is 12.2. The lowest BCUT2D eigenvalue weighted by atomic mass is 10.1. The van der Waals surface area contributed by atoms with Gasteiger partial charge in [0.1, 0.15) is 0 Å². The number of hydrogen-bond donors (Lipinski definition) is 1. The molecule has 110 valence electrons. The summed E-state index contributed by atoms with van der Waals surface area (Å²) in [6.07, 6.45) is 3.32. The SMILES string of the molecule is c1ccc(CCCNCCc2ccc3c(c2)OCO3)cc1. The minimum absolute atomic E-state index is 0.344. The van der Waals surface area contributed by atoms with Crippen molar-refractivity contribution in [2.45, 2.75) is 19.3 Å². The van der Waals surface area contributed by atoms with Crippen molar-refractivity contribution < 1.29 is 9.47 Å². The van der Waals surface area contributed by atoms with Crippen LogP contribution in [0.25, 0.3) is 0 Å². The molecule has 2 aromatic rings. The maximum Gasteiger partial charge on any atom is 0.231 e. The van der Waals surface area contributed by atoms with E-state index in [4.69, 9.17) is 9.47 Å².